The van der Waals surface area contributed by atoms with Gasteiger partial charge in [0.25, 0.3) is 0 Å². The molecule has 0 bridgehead atoms. The van der Waals surface area contributed by atoms with Crippen LogP contribution in [0.15, 0.2) is 53.0 Å². The van der Waals surface area contributed by atoms with Crippen LogP contribution in [0.1, 0.15) is 18.7 Å². The molecule has 2 N–H and O–H groups in total. The van der Waals surface area contributed by atoms with Crippen LogP contribution >= 0.6 is 15.9 Å². The maximum Gasteiger partial charge on any atom is 0.387 e. The number of alkyl halides is 2. The molecular formula is C20H17BrF2N2O2. The van der Waals surface area contributed by atoms with E-state index >= 15 is 0 Å². The first-order valence-electron chi connectivity index (χ1n) is 8.52. The van der Waals surface area contributed by atoms with Crippen LogP contribution in [0.25, 0.3) is 10.8 Å². The van der Waals surface area contributed by atoms with Crippen LogP contribution in [0.4, 0.5) is 20.2 Å². The lowest BCUT2D eigenvalue weighted by Crippen LogP contribution is -2.23. The van der Waals surface area contributed by atoms with Gasteiger partial charge >= 0.3 is 6.61 Å². The summed E-state index contributed by atoms with van der Waals surface area (Å²) in [5, 5.41) is 9.18. The zero-order valence-electron chi connectivity index (χ0n) is 14.4. The fraction of sp³-hybridized carbons (Fsp3) is 0.200. The van der Waals surface area contributed by atoms with Gasteiger partial charge in [-0.15, -0.1) is 0 Å². The third-order valence-electron chi connectivity index (χ3n) is 4.38. The Hall–Kier alpha value is -2.54. The summed E-state index contributed by atoms with van der Waals surface area (Å²) in [6, 6.07) is 15.6. The van der Waals surface area contributed by atoms with E-state index < -0.39 is 6.61 Å². The molecular weight excluding hydrogens is 418 g/mol. The van der Waals surface area contributed by atoms with Crippen LogP contribution in [0.2, 0.25) is 0 Å². The summed E-state index contributed by atoms with van der Waals surface area (Å²) in [4.78, 5) is 0. The van der Waals surface area contributed by atoms with Gasteiger partial charge in [0.05, 0.1) is 11.1 Å². The van der Waals surface area contributed by atoms with Crippen molar-refractivity contribution >= 4 is 38.1 Å². The molecule has 0 saturated carbocycles. The third-order valence-corrected chi connectivity index (χ3v) is 4.97. The van der Waals surface area contributed by atoms with Crippen molar-refractivity contribution in [3.05, 3.63) is 58.6 Å². The van der Waals surface area contributed by atoms with Gasteiger partial charge in [0, 0.05) is 16.8 Å². The van der Waals surface area contributed by atoms with Crippen molar-refractivity contribution in [2.45, 2.75) is 19.7 Å². The van der Waals surface area contributed by atoms with E-state index in [2.05, 4.69) is 43.4 Å². The normalized spacial score (nSPS) is 13.4. The number of nitrogens with one attached hydrogen (secondary N) is 2. The molecule has 140 valence electrons. The SMILES string of the molecule is CCOc1cc(C2Nc3cccc4cccc(c34)N2)cc(Br)c1OC(F)F. The van der Waals surface area contributed by atoms with Crippen molar-refractivity contribution in [2.75, 3.05) is 17.2 Å². The first kappa shape index (κ1) is 17.9. The largest absolute Gasteiger partial charge is 0.490 e. The molecule has 0 aromatic heterocycles. The maximum absolute atomic E-state index is 12.7. The number of rotatable bonds is 5. The molecule has 0 saturated heterocycles. The van der Waals surface area contributed by atoms with Gasteiger partial charge in [-0.05, 0) is 58.1 Å². The number of hydrogen-bond donors (Lipinski definition) is 2. The molecule has 7 heteroatoms. The highest BCUT2D eigenvalue weighted by molar-refractivity contribution is 9.10. The van der Waals surface area contributed by atoms with E-state index in [0.29, 0.717) is 11.1 Å². The molecule has 27 heavy (non-hydrogen) atoms. The van der Waals surface area contributed by atoms with E-state index in [1.165, 1.54) is 0 Å². The Morgan fingerprint density at radius 1 is 1.07 bits per heavy atom. The second-order valence-corrected chi connectivity index (χ2v) is 6.93. The molecule has 0 amide bonds. The van der Waals surface area contributed by atoms with Crippen molar-refractivity contribution in [1.29, 1.82) is 0 Å². The predicted octanol–water partition coefficient (Wildman–Crippen LogP) is 6.14. The Labute approximate surface area is 163 Å². The first-order chi connectivity index (χ1) is 13.1. The van der Waals surface area contributed by atoms with E-state index in [-0.39, 0.29) is 17.7 Å². The van der Waals surface area contributed by atoms with Crippen LogP contribution < -0.4 is 20.1 Å². The highest BCUT2D eigenvalue weighted by Gasteiger charge is 2.24. The van der Waals surface area contributed by atoms with E-state index in [0.717, 1.165) is 27.7 Å². The number of hydrogen-bond acceptors (Lipinski definition) is 4. The maximum atomic E-state index is 12.7. The minimum atomic E-state index is -2.93. The highest BCUT2D eigenvalue weighted by Crippen LogP contribution is 2.43. The molecule has 1 aliphatic heterocycles. The molecule has 4 rings (SSSR count). The Bertz CT molecular complexity index is 956. The molecule has 0 aliphatic carbocycles. The Morgan fingerprint density at radius 3 is 2.33 bits per heavy atom. The van der Waals surface area contributed by atoms with Crippen molar-refractivity contribution < 1.29 is 18.3 Å². The van der Waals surface area contributed by atoms with E-state index in [9.17, 15) is 8.78 Å². The van der Waals surface area contributed by atoms with Crippen LogP contribution in [0, 0.1) is 0 Å². The molecule has 3 aromatic carbocycles. The molecule has 0 unspecified atom stereocenters. The van der Waals surface area contributed by atoms with Gasteiger partial charge in [-0.1, -0.05) is 24.3 Å². The lowest BCUT2D eigenvalue weighted by atomic mass is 10.0. The number of ether oxygens (including phenoxy) is 2. The van der Waals surface area contributed by atoms with Gasteiger partial charge in [-0.25, -0.2) is 0 Å². The number of benzene rings is 3. The van der Waals surface area contributed by atoms with Crippen molar-refractivity contribution in [3.63, 3.8) is 0 Å². The second-order valence-electron chi connectivity index (χ2n) is 6.07. The highest BCUT2D eigenvalue weighted by atomic mass is 79.9. The van der Waals surface area contributed by atoms with Gasteiger partial charge in [0.15, 0.2) is 11.5 Å². The smallest absolute Gasteiger partial charge is 0.387 e. The van der Waals surface area contributed by atoms with Gasteiger partial charge in [0.1, 0.15) is 6.17 Å². The van der Waals surface area contributed by atoms with Crippen molar-refractivity contribution in [1.82, 2.24) is 0 Å². The number of anilines is 2. The molecule has 1 heterocycles. The molecule has 0 fully saturated rings. The van der Waals surface area contributed by atoms with Gasteiger partial charge in [-0.3, -0.25) is 0 Å². The van der Waals surface area contributed by atoms with Crippen LogP contribution in [0.3, 0.4) is 0 Å². The lowest BCUT2D eigenvalue weighted by Gasteiger charge is -2.30. The lowest BCUT2D eigenvalue weighted by molar-refractivity contribution is -0.0519. The quantitative estimate of drug-likeness (QED) is 0.506. The zero-order chi connectivity index (χ0) is 19.0. The van der Waals surface area contributed by atoms with Crippen LogP contribution in [0.5, 0.6) is 11.5 Å². The monoisotopic (exact) mass is 434 g/mol. The summed E-state index contributed by atoms with van der Waals surface area (Å²) >= 11 is 3.33. The van der Waals surface area contributed by atoms with Gasteiger partial charge in [0.2, 0.25) is 0 Å². The standard InChI is InChI=1S/C20H17BrF2N2O2/c1-2-26-16-10-12(9-13(21)18(16)27-20(22)23)19-24-14-7-3-5-11-6-4-8-15(25-19)17(11)14/h3-10,19-20,24-25H,2H2,1H3. The second kappa shape index (κ2) is 7.23. The average molecular weight is 435 g/mol. The Balaban J connectivity index is 1.74. The molecule has 0 radical (unpaired) electrons. The Kier molecular flexibility index (Phi) is 4.78. The summed E-state index contributed by atoms with van der Waals surface area (Å²) < 4.78 is 36.1. The predicted molar refractivity (Wildman–Crippen MR) is 106 cm³/mol. The summed E-state index contributed by atoms with van der Waals surface area (Å²) in [5.74, 6) is 0.261. The van der Waals surface area contributed by atoms with Gasteiger partial charge in [-0.2, -0.15) is 8.78 Å². The summed E-state index contributed by atoms with van der Waals surface area (Å²) in [6.45, 7) is -0.800. The molecule has 0 spiro atoms. The fourth-order valence-electron chi connectivity index (χ4n) is 3.32. The molecule has 3 aromatic rings. The van der Waals surface area contributed by atoms with Crippen LogP contribution in [-0.2, 0) is 0 Å². The summed E-state index contributed by atoms with van der Waals surface area (Å²) in [5.41, 5.74) is 2.85. The molecule has 0 atom stereocenters. The topological polar surface area (TPSA) is 42.5 Å². The van der Waals surface area contributed by atoms with E-state index in [1.54, 1.807) is 19.1 Å². The minimum Gasteiger partial charge on any atom is -0.490 e. The zero-order valence-corrected chi connectivity index (χ0v) is 16.0. The average Bonchev–Trinajstić information content (AvgIpc) is 2.64. The Morgan fingerprint density at radius 2 is 1.74 bits per heavy atom. The third kappa shape index (κ3) is 3.39. The first-order valence-corrected chi connectivity index (χ1v) is 9.32. The summed E-state index contributed by atoms with van der Waals surface area (Å²) in [7, 11) is 0. The van der Waals surface area contributed by atoms with E-state index in [4.69, 9.17) is 4.74 Å². The van der Waals surface area contributed by atoms with E-state index in [1.807, 2.05) is 24.3 Å². The van der Waals surface area contributed by atoms with Crippen molar-refractivity contribution in [2.24, 2.45) is 0 Å². The van der Waals surface area contributed by atoms with Crippen molar-refractivity contribution in [3.8, 4) is 11.5 Å². The van der Waals surface area contributed by atoms with Gasteiger partial charge < -0.3 is 20.1 Å². The van der Waals surface area contributed by atoms with Crippen LogP contribution in [-0.4, -0.2) is 13.2 Å². The summed E-state index contributed by atoms with van der Waals surface area (Å²) in [6.07, 6.45) is -0.249. The molecule has 1 aliphatic rings. The minimum absolute atomic E-state index is 0.00564. The number of halogens is 3. The fourth-order valence-corrected chi connectivity index (χ4v) is 3.87. The molecule has 4 nitrogen and oxygen atoms in total.